The Morgan fingerprint density at radius 1 is 0.557 bits per heavy atom. The summed E-state index contributed by atoms with van der Waals surface area (Å²) < 4.78 is 191. The Balaban J connectivity index is 0.529. The zero-order valence-corrected chi connectivity index (χ0v) is 87.3. The first-order valence-corrected chi connectivity index (χ1v) is 56.4. The molecule has 9 N–H and O–H groups in total. The number of aryl methyl sites for hydroxylation is 2. The summed E-state index contributed by atoms with van der Waals surface area (Å²) in [6.45, 7) is 14.3. The molecule has 0 bridgehead atoms. The van der Waals surface area contributed by atoms with E-state index in [0.717, 1.165) is 28.3 Å². The highest BCUT2D eigenvalue weighted by Gasteiger charge is 2.46. The van der Waals surface area contributed by atoms with E-state index in [9.17, 15) is 85.4 Å². The van der Waals surface area contributed by atoms with Crippen LogP contribution < -0.4 is 46.3 Å². The van der Waals surface area contributed by atoms with Crippen molar-refractivity contribution >= 4 is 137 Å². The van der Waals surface area contributed by atoms with Crippen LogP contribution in [0.15, 0.2) is 271 Å². The number of piperidine rings is 1. The maximum absolute atomic E-state index is 15.3. The van der Waals surface area contributed by atoms with Gasteiger partial charge in [-0.2, -0.15) is 47.1 Å². The van der Waals surface area contributed by atoms with E-state index >= 15 is 8.42 Å². The van der Waals surface area contributed by atoms with Crippen LogP contribution >= 0.6 is 0 Å². The zero-order valence-electron chi connectivity index (χ0n) is 83.2. The molecule has 34 nitrogen and oxygen atoms in total. The summed E-state index contributed by atoms with van der Waals surface area (Å²) in [5, 5.41) is 15.4. The first kappa shape index (κ1) is 108. The Bertz CT molecular complexity index is 7910. The van der Waals surface area contributed by atoms with Crippen molar-refractivity contribution in [3.8, 4) is 22.5 Å². The van der Waals surface area contributed by atoms with Crippen LogP contribution in [0, 0.1) is 19.8 Å². The number of fused-ring (bicyclic) bond motifs is 6. The monoisotopic (exact) mass is 2120 g/mol. The van der Waals surface area contributed by atoms with Crippen molar-refractivity contribution in [3.63, 3.8) is 0 Å². The van der Waals surface area contributed by atoms with Gasteiger partial charge in [0.15, 0.2) is 24.6 Å². The maximum atomic E-state index is 15.3. The number of benzene rings is 10. The summed E-state index contributed by atoms with van der Waals surface area (Å²) in [5.41, 5.74) is 11.0. The van der Waals surface area contributed by atoms with Gasteiger partial charge in [-0.1, -0.05) is 117 Å². The minimum Gasteiger partial charge on any atom is -0.456 e. The normalized spacial score (nSPS) is 16.2. The van der Waals surface area contributed by atoms with Gasteiger partial charge in [0.05, 0.1) is 47.6 Å². The number of hydrogen-bond donors (Lipinski definition) is 9. The summed E-state index contributed by atoms with van der Waals surface area (Å²) in [5.74, 6) is -3.66. The van der Waals surface area contributed by atoms with Gasteiger partial charge in [0.2, 0.25) is 44.5 Å². The Morgan fingerprint density at radius 2 is 1.19 bits per heavy atom. The molecule has 6 heterocycles. The molecule has 0 aromatic heterocycles. The van der Waals surface area contributed by atoms with E-state index < -0.39 is 116 Å². The maximum Gasteiger partial charge on any atom is 0.408 e. The van der Waals surface area contributed by atoms with E-state index in [4.69, 9.17) is 13.9 Å². The molecular weight excluding hydrogens is 2010 g/mol. The van der Waals surface area contributed by atoms with Gasteiger partial charge in [-0.3, -0.25) is 42.2 Å². The van der Waals surface area contributed by atoms with Crippen LogP contribution in [-0.2, 0) is 116 Å². The number of alkyl carbamates (subject to hydrolysis) is 1. The second-order valence-electron chi connectivity index (χ2n) is 38.7. The number of hydrogen-bond acceptors (Lipinski definition) is 22. The van der Waals surface area contributed by atoms with Gasteiger partial charge >= 0.3 is 12.1 Å². The van der Waals surface area contributed by atoms with E-state index in [1.807, 2.05) is 117 Å². The van der Waals surface area contributed by atoms with Crippen molar-refractivity contribution < 1.29 is 112 Å². The van der Waals surface area contributed by atoms with Crippen molar-refractivity contribution in [2.75, 3.05) is 75.3 Å². The number of anilines is 3. The lowest BCUT2D eigenvalue weighted by Crippen LogP contribution is -2.53. The number of sulfonamides is 1. The quantitative estimate of drug-likeness (QED) is 0.00431. The van der Waals surface area contributed by atoms with E-state index in [2.05, 4.69) is 36.1 Å². The number of Topliss-reactive ketones (excluding diaryl/α,β-unsaturated/α-hetero) is 1. The van der Waals surface area contributed by atoms with Gasteiger partial charge in [0.1, 0.15) is 30.5 Å². The van der Waals surface area contributed by atoms with Gasteiger partial charge in [-0.05, 0) is 223 Å². The Labute approximate surface area is 865 Å². The molecule has 39 heteroatoms. The first-order valence-electron chi connectivity index (χ1n) is 49.2. The Kier molecular flexibility index (Phi) is 32.4. The molecule has 1 aliphatic carbocycles. The van der Waals surface area contributed by atoms with Gasteiger partial charge in [0, 0.05) is 168 Å². The number of amides is 5. The fraction of sp³-hybridized carbons (Fsp3) is 0.318. The number of ether oxygens (including phenoxy) is 2. The van der Waals surface area contributed by atoms with Crippen molar-refractivity contribution in [1.82, 2.24) is 35.5 Å². The molecule has 9 aromatic rings. The predicted molar refractivity (Wildman–Crippen MR) is 562 cm³/mol. The Morgan fingerprint density at radius 3 is 1.87 bits per heavy atom. The molecule has 7 aliphatic rings. The molecule has 5 amide bonds. The smallest absolute Gasteiger partial charge is 0.408 e. The van der Waals surface area contributed by atoms with Crippen LogP contribution in [0.1, 0.15) is 158 Å². The van der Waals surface area contributed by atoms with E-state index in [0.29, 0.717) is 159 Å². The van der Waals surface area contributed by atoms with Crippen LogP contribution in [0.25, 0.3) is 33.4 Å². The molecule has 0 radical (unpaired) electrons. The molecule has 780 valence electrons. The van der Waals surface area contributed by atoms with Gasteiger partial charge in [-0.25, -0.2) is 18.0 Å². The van der Waals surface area contributed by atoms with Crippen molar-refractivity contribution in [3.05, 3.63) is 303 Å². The lowest BCUT2D eigenvalue weighted by Gasteiger charge is -2.31. The molecular formula is C110H118N10O24S5+2. The number of carbonyl (C=O) groups excluding carboxylic acids is 7. The lowest BCUT2D eigenvalue weighted by molar-refractivity contribution is -0.433. The molecule has 1 fully saturated rings. The van der Waals surface area contributed by atoms with E-state index in [1.54, 1.807) is 117 Å². The molecule has 149 heavy (non-hydrogen) atoms. The average molecular weight is 2120 g/mol. The molecule has 1 saturated heterocycles. The number of unbranched alkanes of at least 4 members (excludes halogenated alkanes) is 3. The van der Waals surface area contributed by atoms with Crippen LogP contribution in [0.4, 0.5) is 33.2 Å². The number of ketones is 1. The molecule has 16 rings (SSSR count). The number of nitrogens with one attached hydrogen (secondary N) is 5. The van der Waals surface area contributed by atoms with Crippen molar-refractivity contribution in [2.45, 2.75) is 180 Å². The van der Waals surface area contributed by atoms with Crippen LogP contribution in [0.5, 0.6) is 0 Å². The largest absolute Gasteiger partial charge is 0.456 e. The summed E-state index contributed by atoms with van der Waals surface area (Å²) in [6.07, 6.45) is 12.4. The predicted octanol–water partition coefficient (Wildman–Crippen LogP) is 14.6. The van der Waals surface area contributed by atoms with Crippen LogP contribution in [0.2, 0.25) is 0 Å². The fourth-order valence-corrected chi connectivity index (χ4v) is 24.2. The molecule has 2 atom stereocenters. The van der Waals surface area contributed by atoms with Crippen molar-refractivity contribution in [2.24, 2.45) is 5.92 Å². The highest BCUT2D eigenvalue weighted by molar-refractivity contribution is 7.89. The summed E-state index contributed by atoms with van der Waals surface area (Å²) in [7, 11) is -22.3. The molecule has 6 aliphatic heterocycles. The van der Waals surface area contributed by atoms with Crippen molar-refractivity contribution in [1.29, 1.82) is 0 Å². The lowest BCUT2D eigenvalue weighted by atomic mass is 9.81. The SMILES string of the molecule is CC[N+]1=C(/C=C/C=C/C=C2\N(CCCCCC(=O)NCCCC[C@H](NC(=O)[C@H](Cc3ccccc3)NC(=O)OCc3ccccc3)C(=O)COC(=O)c3c(C)cc(C(=O)NCCNC(=O)C4CCN(S(=O)(=O)c5ccccc5-c5c6ccc(=[N+]7CCc8cc(S(=O)(=O)O)ccc87)cc-6oc6cc(N7CCc8cc(S(=O)(=O)O)ccc87)ccc56)CC4)cc3C)c3ccc(S(=O)(=O)O)cc3C2(C)C)C(C)(C)c2cc(S(=O)(=O)O)ccc21. The summed E-state index contributed by atoms with van der Waals surface area (Å²) in [4.78, 5) is 101. The third-order valence-electron chi connectivity index (χ3n) is 28.2. The number of carbonyl (C=O) groups is 7. The highest BCUT2D eigenvalue weighted by Crippen LogP contribution is 2.51. The van der Waals surface area contributed by atoms with Gasteiger partial charge in [0.25, 0.3) is 46.4 Å². The zero-order chi connectivity index (χ0) is 106. The molecule has 0 spiro atoms. The second kappa shape index (κ2) is 44.8. The van der Waals surface area contributed by atoms with Gasteiger partial charge in [-0.15, -0.1) is 0 Å². The van der Waals surface area contributed by atoms with Gasteiger partial charge < -0.3 is 50.3 Å². The summed E-state index contributed by atoms with van der Waals surface area (Å²) >= 11 is 0. The van der Waals surface area contributed by atoms with E-state index in [1.165, 1.54) is 65.0 Å². The number of allylic oxidation sites excluding steroid dienone is 6. The standard InChI is InChI=1S/C110H116N10O24S5/c1-8-117-93-45-39-82(148(136,137)138)66-87(93)109(4,5)99(117)32-17-11-18-33-100-110(6,7)88-67-83(149(139,140)141)40-46-94(88)120(100)54-24-12-19-34-101(122)111-51-23-22-30-89(114-106(125)90(61-72-25-13-9-14-26-72)115-108(127)143-68-73-27-15-10-16-28-73)95(121)69-142-107(126)102-70(2)59-77(60-71(102)3)105(124)113-53-52-112-104(123)74-47-55-116(56-48-74)145(128,129)98-31-21-20-29-86(98)103-84-41-35-78(118-57-49-75-62-80(146(130,131)132)37-43-91(75)118)64-96(84)144-97-65-79(36-42-85(97)103)119-58-50-76-63-81(147(133,134)135)38-44-92(76)119/h9-11,13-18,20-21,25-29,31-33,35-46,59-60,62-67,74,89-90H,8,12,19,22-24,30,34,47-58,61,68-69H2,1-7H3,(H7-2,111,112,113,114,115,122,123,124,125,127,130,131,132,133,134,135,136,137,138,139,140,141)/p+2/t89-,90-/m0/s1. The second-order valence-corrected chi connectivity index (χ2v) is 46.3. The minimum atomic E-state index is -4.55. The number of rotatable bonds is 39. The average Bonchev–Trinajstić information content (AvgIpc) is 1.64. The molecule has 0 unspecified atom stereocenters. The third-order valence-corrected chi connectivity index (χ3v) is 33.5. The van der Waals surface area contributed by atoms with Crippen LogP contribution in [-0.4, -0.2) is 194 Å². The highest BCUT2D eigenvalue weighted by atomic mass is 32.2. The van der Waals surface area contributed by atoms with E-state index in [-0.39, 0.29) is 125 Å². The summed E-state index contributed by atoms with van der Waals surface area (Å²) in [6, 6.07) is 53.8. The number of nitrogens with zero attached hydrogens (tertiary/aromatic N) is 5. The minimum absolute atomic E-state index is 0.00207. The topological polar surface area (TPSA) is 479 Å². The third kappa shape index (κ3) is 24.3. The first-order chi connectivity index (χ1) is 70.8. The van der Waals surface area contributed by atoms with Crippen LogP contribution in [0.3, 0.4) is 0 Å². The molecule has 9 aromatic carbocycles. The number of esters is 1. The Hall–Kier alpha value is -14.0. The molecule has 0 saturated carbocycles. The fourth-order valence-electron chi connectivity index (χ4n) is 20.5.